The van der Waals surface area contributed by atoms with E-state index in [0.29, 0.717) is 11.5 Å². The van der Waals surface area contributed by atoms with E-state index in [4.69, 9.17) is 15.7 Å². The summed E-state index contributed by atoms with van der Waals surface area (Å²) in [6, 6.07) is 24.4. The van der Waals surface area contributed by atoms with Gasteiger partial charge in [-0.15, -0.1) is 0 Å². The summed E-state index contributed by atoms with van der Waals surface area (Å²) in [6.07, 6.45) is 3.31. The molecule has 3 aromatic heterocycles. The second-order valence-corrected chi connectivity index (χ2v) is 7.70. The number of pyridine rings is 2. The third-order valence-corrected chi connectivity index (χ3v) is 5.44. The molecule has 5 aromatic rings. The molecule has 0 saturated heterocycles. The fourth-order valence-electron chi connectivity index (χ4n) is 3.87. The van der Waals surface area contributed by atoms with Crippen LogP contribution in [0, 0.1) is 0 Å². The first-order valence-electron chi connectivity index (χ1n) is 10.3. The molecule has 5 rings (SSSR count). The topological polar surface area (TPSA) is 80.8 Å². The minimum atomic E-state index is 0.404. The van der Waals surface area contributed by atoms with Gasteiger partial charge in [0.2, 0.25) is 0 Å². The van der Waals surface area contributed by atoms with E-state index in [1.165, 1.54) is 6.33 Å². The summed E-state index contributed by atoms with van der Waals surface area (Å²) in [6.45, 7) is 0. The highest BCUT2D eigenvalue weighted by atomic mass is 15.1. The lowest BCUT2D eigenvalue weighted by Gasteiger charge is -2.18. The zero-order valence-electron chi connectivity index (χ0n) is 17.9. The predicted molar refractivity (Wildman–Crippen MR) is 130 cm³/mol. The van der Waals surface area contributed by atoms with Gasteiger partial charge >= 0.3 is 0 Å². The highest BCUT2D eigenvalue weighted by Gasteiger charge is 2.22. The number of nitrogens with two attached hydrogens (primary N) is 1. The molecule has 0 unspecified atom stereocenters. The van der Waals surface area contributed by atoms with Crippen molar-refractivity contribution in [3.63, 3.8) is 0 Å². The number of rotatable bonds is 4. The highest BCUT2D eigenvalue weighted by Crippen LogP contribution is 2.43. The average molecular weight is 419 g/mol. The summed E-state index contributed by atoms with van der Waals surface area (Å²) in [7, 11) is 3.99. The Morgan fingerprint density at radius 2 is 1.38 bits per heavy atom. The maximum Gasteiger partial charge on any atom is 0.165 e. The number of hydrogen-bond donors (Lipinski definition) is 1. The molecule has 0 aliphatic heterocycles. The summed E-state index contributed by atoms with van der Waals surface area (Å²) in [5, 5.41) is 0.742. The molecular formula is C26H22N6. The molecule has 156 valence electrons. The maximum absolute atomic E-state index is 6.37. The molecule has 2 N–H and O–H groups in total. The molecule has 0 aliphatic rings. The molecule has 0 fully saturated rings. The van der Waals surface area contributed by atoms with Gasteiger partial charge in [-0.05, 0) is 23.3 Å². The van der Waals surface area contributed by atoms with Crippen molar-refractivity contribution in [1.82, 2.24) is 19.9 Å². The van der Waals surface area contributed by atoms with Gasteiger partial charge < -0.3 is 10.6 Å². The van der Waals surface area contributed by atoms with Gasteiger partial charge in [-0.3, -0.25) is 4.98 Å². The van der Waals surface area contributed by atoms with Crippen LogP contribution >= 0.6 is 0 Å². The van der Waals surface area contributed by atoms with E-state index in [9.17, 15) is 0 Å². The molecule has 2 aromatic carbocycles. The minimum absolute atomic E-state index is 0.404. The molecule has 0 saturated carbocycles. The van der Waals surface area contributed by atoms with Crippen molar-refractivity contribution in [2.45, 2.75) is 0 Å². The normalized spacial score (nSPS) is 10.9. The van der Waals surface area contributed by atoms with Crippen molar-refractivity contribution < 1.29 is 0 Å². The van der Waals surface area contributed by atoms with Crippen LogP contribution in [0.5, 0.6) is 0 Å². The third kappa shape index (κ3) is 3.41. The van der Waals surface area contributed by atoms with Gasteiger partial charge in [0, 0.05) is 25.2 Å². The SMILES string of the molecule is CN(C)c1ccc(-c2nc3ncnc(N)c3c(-c3ccccc3)c2-c2ccccc2)nc1. The molecule has 0 radical (unpaired) electrons. The lowest BCUT2D eigenvalue weighted by Crippen LogP contribution is -2.09. The first kappa shape index (κ1) is 19.6. The number of anilines is 2. The standard InChI is InChI=1S/C26H22N6/c1-32(2)19-13-14-20(28-15-19)24-22(18-11-7-4-8-12-18)21(17-9-5-3-6-10-17)23-25(27)29-16-30-26(23)31-24/h3-16H,1-2H3,(H2,27,29,30,31). The minimum Gasteiger partial charge on any atom is -0.383 e. The van der Waals surface area contributed by atoms with E-state index in [-0.39, 0.29) is 0 Å². The van der Waals surface area contributed by atoms with Gasteiger partial charge in [-0.1, -0.05) is 60.7 Å². The first-order valence-corrected chi connectivity index (χ1v) is 10.3. The van der Waals surface area contributed by atoms with Gasteiger partial charge in [-0.2, -0.15) is 0 Å². The Labute approximate surface area is 186 Å². The number of aromatic nitrogens is 4. The second-order valence-electron chi connectivity index (χ2n) is 7.70. The van der Waals surface area contributed by atoms with Crippen LogP contribution in [0.2, 0.25) is 0 Å². The Morgan fingerprint density at radius 3 is 1.97 bits per heavy atom. The lowest BCUT2D eigenvalue weighted by atomic mass is 9.90. The summed E-state index contributed by atoms with van der Waals surface area (Å²) >= 11 is 0. The molecule has 0 atom stereocenters. The zero-order valence-corrected chi connectivity index (χ0v) is 17.9. The molecular weight excluding hydrogens is 396 g/mol. The second kappa shape index (κ2) is 8.07. The van der Waals surface area contributed by atoms with E-state index in [1.54, 1.807) is 0 Å². The molecule has 6 heteroatoms. The summed E-state index contributed by atoms with van der Waals surface area (Å²) in [4.78, 5) is 20.4. The van der Waals surface area contributed by atoms with Crippen molar-refractivity contribution in [3.8, 4) is 33.6 Å². The average Bonchev–Trinajstić information content (AvgIpc) is 2.84. The zero-order chi connectivity index (χ0) is 22.1. The molecule has 0 amide bonds. The van der Waals surface area contributed by atoms with Gasteiger partial charge in [0.05, 0.1) is 28.7 Å². The fourth-order valence-corrected chi connectivity index (χ4v) is 3.87. The molecule has 3 heterocycles. The van der Waals surface area contributed by atoms with Crippen LogP contribution in [0.3, 0.4) is 0 Å². The van der Waals surface area contributed by atoms with Crippen LogP contribution in [0.15, 0.2) is 85.3 Å². The Balaban J connectivity index is 1.92. The van der Waals surface area contributed by atoms with E-state index in [2.05, 4.69) is 34.2 Å². The molecule has 0 spiro atoms. The van der Waals surface area contributed by atoms with Gasteiger partial charge in [0.25, 0.3) is 0 Å². The lowest BCUT2D eigenvalue weighted by molar-refractivity contribution is 1.11. The van der Waals surface area contributed by atoms with Gasteiger partial charge in [-0.25, -0.2) is 15.0 Å². The molecule has 6 nitrogen and oxygen atoms in total. The summed E-state index contributed by atoms with van der Waals surface area (Å²) < 4.78 is 0. The molecule has 0 aliphatic carbocycles. The molecule has 0 bridgehead atoms. The Morgan fingerprint density at radius 1 is 0.719 bits per heavy atom. The number of hydrogen-bond acceptors (Lipinski definition) is 6. The summed E-state index contributed by atoms with van der Waals surface area (Å²) in [5.74, 6) is 0.404. The Hall–Kier alpha value is -4.32. The smallest absolute Gasteiger partial charge is 0.165 e. The molecule has 32 heavy (non-hydrogen) atoms. The third-order valence-electron chi connectivity index (χ3n) is 5.44. The number of nitrogens with zero attached hydrogens (tertiary/aromatic N) is 5. The van der Waals surface area contributed by atoms with E-state index in [0.717, 1.165) is 44.7 Å². The van der Waals surface area contributed by atoms with Crippen molar-refractivity contribution in [2.24, 2.45) is 0 Å². The predicted octanol–water partition coefficient (Wildman–Crippen LogP) is 5.07. The monoisotopic (exact) mass is 418 g/mol. The quantitative estimate of drug-likeness (QED) is 0.439. The van der Waals surface area contributed by atoms with Crippen molar-refractivity contribution in [2.75, 3.05) is 24.7 Å². The van der Waals surface area contributed by atoms with Crippen LogP contribution in [-0.2, 0) is 0 Å². The van der Waals surface area contributed by atoms with Crippen LogP contribution in [0.4, 0.5) is 11.5 Å². The number of benzene rings is 2. The largest absolute Gasteiger partial charge is 0.383 e. The Bertz CT molecular complexity index is 1380. The first-order chi connectivity index (χ1) is 15.6. The van der Waals surface area contributed by atoms with Crippen LogP contribution in [0.1, 0.15) is 0 Å². The van der Waals surface area contributed by atoms with Gasteiger partial charge in [0.15, 0.2) is 5.65 Å². The van der Waals surface area contributed by atoms with Crippen LogP contribution < -0.4 is 10.6 Å². The fraction of sp³-hybridized carbons (Fsp3) is 0.0769. The Kier molecular flexibility index (Phi) is 4.95. The maximum atomic E-state index is 6.37. The van der Waals surface area contributed by atoms with Crippen LogP contribution in [0.25, 0.3) is 44.7 Å². The number of fused-ring (bicyclic) bond motifs is 1. The van der Waals surface area contributed by atoms with Gasteiger partial charge in [0.1, 0.15) is 12.1 Å². The van der Waals surface area contributed by atoms with Crippen molar-refractivity contribution >= 4 is 22.5 Å². The van der Waals surface area contributed by atoms with E-state index < -0.39 is 0 Å². The highest BCUT2D eigenvalue weighted by molar-refractivity contribution is 6.09. The van der Waals surface area contributed by atoms with E-state index >= 15 is 0 Å². The van der Waals surface area contributed by atoms with Crippen molar-refractivity contribution in [1.29, 1.82) is 0 Å². The van der Waals surface area contributed by atoms with Crippen molar-refractivity contribution in [3.05, 3.63) is 85.3 Å². The summed E-state index contributed by atoms with van der Waals surface area (Å²) in [5.41, 5.74) is 13.4. The van der Waals surface area contributed by atoms with Crippen LogP contribution in [-0.4, -0.2) is 34.0 Å². The number of nitrogen functional groups attached to an aromatic ring is 1. The van der Waals surface area contributed by atoms with E-state index in [1.807, 2.05) is 73.7 Å².